The van der Waals surface area contributed by atoms with Crippen molar-refractivity contribution in [2.24, 2.45) is 5.92 Å². The minimum Gasteiger partial charge on any atom is -0.398 e. The van der Waals surface area contributed by atoms with Gasteiger partial charge in [-0.3, -0.25) is 0 Å². The second kappa shape index (κ2) is 7.33. The van der Waals surface area contributed by atoms with E-state index in [1.54, 1.807) is 0 Å². The van der Waals surface area contributed by atoms with Gasteiger partial charge in [-0.05, 0) is 29.9 Å². The Morgan fingerprint density at radius 2 is 1.60 bits per heavy atom. The molecule has 2 N–H and O–H groups in total. The Hall–Kier alpha value is -0.980. The van der Waals surface area contributed by atoms with Crippen molar-refractivity contribution in [1.29, 1.82) is 0 Å². The third-order valence-electron chi connectivity index (χ3n) is 2.35. The maximum absolute atomic E-state index is 5.90. The van der Waals surface area contributed by atoms with Crippen molar-refractivity contribution in [3.63, 3.8) is 0 Å². The molecular weight excluding hydrogens is 182 g/mol. The van der Waals surface area contributed by atoms with Gasteiger partial charge < -0.3 is 5.73 Å². The molecule has 0 radical (unpaired) electrons. The van der Waals surface area contributed by atoms with Crippen LogP contribution in [0.5, 0.6) is 0 Å². The maximum Gasteiger partial charge on any atom is 0.0349 e. The van der Waals surface area contributed by atoms with Crippen molar-refractivity contribution in [2.75, 3.05) is 5.73 Å². The van der Waals surface area contributed by atoms with Crippen molar-refractivity contribution >= 4 is 5.69 Å². The largest absolute Gasteiger partial charge is 0.398 e. The molecule has 1 rings (SSSR count). The van der Waals surface area contributed by atoms with Crippen LogP contribution in [-0.4, -0.2) is 0 Å². The first-order chi connectivity index (χ1) is 7.11. The first-order valence-electron chi connectivity index (χ1n) is 5.95. The van der Waals surface area contributed by atoms with Crippen molar-refractivity contribution in [3.8, 4) is 0 Å². The molecule has 0 aliphatic heterocycles. The van der Waals surface area contributed by atoms with Crippen LogP contribution in [0, 0.1) is 5.92 Å². The highest BCUT2D eigenvalue weighted by Gasteiger charge is 2.09. The molecule has 1 aromatic rings. The van der Waals surface area contributed by atoms with Gasteiger partial charge in [0, 0.05) is 5.69 Å². The summed E-state index contributed by atoms with van der Waals surface area (Å²) in [5.74, 6) is 1.30. The molecule has 0 amide bonds. The monoisotopic (exact) mass is 207 g/mol. The smallest absolute Gasteiger partial charge is 0.0349 e. The second-order valence-electron chi connectivity index (χ2n) is 4.16. The molecule has 0 aliphatic rings. The summed E-state index contributed by atoms with van der Waals surface area (Å²) < 4.78 is 0. The van der Waals surface area contributed by atoms with E-state index in [0.717, 1.165) is 11.6 Å². The molecule has 0 fully saturated rings. The summed E-state index contributed by atoms with van der Waals surface area (Å²) in [5, 5.41) is 0. The van der Waals surface area contributed by atoms with Crippen LogP contribution in [0.1, 0.15) is 52.5 Å². The molecule has 1 heteroatoms. The topological polar surface area (TPSA) is 26.0 Å². The van der Waals surface area contributed by atoms with Crippen molar-refractivity contribution in [3.05, 3.63) is 29.8 Å². The number of benzene rings is 1. The van der Waals surface area contributed by atoms with Gasteiger partial charge in [0.15, 0.2) is 0 Å². The minimum atomic E-state index is 0.571. The molecule has 0 saturated carbocycles. The average Bonchev–Trinajstić information content (AvgIpc) is 2.20. The van der Waals surface area contributed by atoms with E-state index in [1.165, 1.54) is 12.0 Å². The van der Waals surface area contributed by atoms with Gasteiger partial charge in [0.05, 0.1) is 0 Å². The van der Waals surface area contributed by atoms with Gasteiger partial charge in [0.25, 0.3) is 0 Å². The minimum absolute atomic E-state index is 0.571. The normalized spacial score (nSPS) is 11.9. The lowest BCUT2D eigenvalue weighted by Crippen LogP contribution is -2.02. The predicted molar refractivity (Wildman–Crippen MR) is 70.1 cm³/mol. The molecule has 1 atom stereocenters. The Balaban J connectivity index is 0.000000921. The van der Waals surface area contributed by atoms with Gasteiger partial charge in [0.1, 0.15) is 0 Å². The summed E-state index contributed by atoms with van der Waals surface area (Å²) in [6, 6.07) is 8.15. The fraction of sp³-hybridized carbons (Fsp3) is 0.571. The van der Waals surface area contributed by atoms with Crippen LogP contribution in [0.25, 0.3) is 0 Å². The van der Waals surface area contributed by atoms with Gasteiger partial charge >= 0.3 is 0 Å². The molecular formula is C14H25N. The Bertz CT molecular complexity index is 266. The lowest BCUT2D eigenvalue weighted by molar-refractivity contribution is 0.524. The molecule has 0 heterocycles. The summed E-state index contributed by atoms with van der Waals surface area (Å²) in [5.41, 5.74) is 8.11. The van der Waals surface area contributed by atoms with E-state index in [1.807, 2.05) is 26.0 Å². The molecule has 0 saturated heterocycles. The maximum atomic E-state index is 5.90. The van der Waals surface area contributed by atoms with E-state index in [9.17, 15) is 0 Å². The average molecular weight is 207 g/mol. The SMILES string of the molecule is CC.CC(C)CC(C)c1ccccc1N. The molecule has 0 aromatic heterocycles. The fourth-order valence-corrected chi connectivity index (χ4v) is 1.79. The molecule has 86 valence electrons. The Morgan fingerprint density at radius 3 is 2.07 bits per heavy atom. The van der Waals surface area contributed by atoms with Gasteiger partial charge in [-0.2, -0.15) is 0 Å². The Kier molecular flexibility index (Phi) is 6.85. The Morgan fingerprint density at radius 1 is 1.07 bits per heavy atom. The third kappa shape index (κ3) is 4.87. The summed E-state index contributed by atoms with van der Waals surface area (Å²) >= 11 is 0. The third-order valence-corrected chi connectivity index (χ3v) is 2.35. The quantitative estimate of drug-likeness (QED) is 0.728. The summed E-state index contributed by atoms with van der Waals surface area (Å²) in [6.45, 7) is 10.7. The molecule has 15 heavy (non-hydrogen) atoms. The Labute approximate surface area is 94.7 Å². The highest BCUT2D eigenvalue weighted by atomic mass is 14.6. The van der Waals surface area contributed by atoms with Crippen LogP contribution < -0.4 is 5.73 Å². The van der Waals surface area contributed by atoms with E-state index in [4.69, 9.17) is 5.73 Å². The van der Waals surface area contributed by atoms with Crippen LogP contribution in [0.3, 0.4) is 0 Å². The van der Waals surface area contributed by atoms with Crippen LogP contribution in [0.2, 0.25) is 0 Å². The zero-order valence-corrected chi connectivity index (χ0v) is 10.7. The molecule has 1 nitrogen and oxygen atoms in total. The van der Waals surface area contributed by atoms with E-state index < -0.39 is 0 Å². The van der Waals surface area contributed by atoms with Gasteiger partial charge in [-0.25, -0.2) is 0 Å². The zero-order valence-electron chi connectivity index (χ0n) is 10.7. The number of nitrogen functional groups attached to an aromatic ring is 1. The van der Waals surface area contributed by atoms with E-state index in [2.05, 4.69) is 32.9 Å². The fourth-order valence-electron chi connectivity index (χ4n) is 1.79. The molecule has 0 bridgehead atoms. The molecule has 1 aromatic carbocycles. The van der Waals surface area contributed by atoms with Crippen LogP contribution >= 0.6 is 0 Å². The second-order valence-corrected chi connectivity index (χ2v) is 4.16. The number of anilines is 1. The van der Waals surface area contributed by atoms with Gasteiger partial charge in [0.2, 0.25) is 0 Å². The van der Waals surface area contributed by atoms with E-state index in [0.29, 0.717) is 5.92 Å². The number of para-hydroxylation sites is 1. The van der Waals surface area contributed by atoms with Crippen molar-refractivity contribution < 1.29 is 0 Å². The van der Waals surface area contributed by atoms with E-state index >= 15 is 0 Å². The summed E-state index contributed by atoms with van der Waals surface area (Å²) in [6.07, 6.45) is 1.20. The molecule has 1 unspecified atom stereocenters. The van der Waals surface area contributed by atoms with Crippen molar-refractivity contribution in [1.82, 2.24) is 0 Å². The van der Waals surface area contributed by atoms with Crippen molar-refractivity contribution in [2.45, 2.75) is 47.0 Å². The number of hydrogen-bond acceptors (Lipinski definition) is 1. The van der Waals surface area contributed by atoms with Gasteiger partial charge in [-0.1, -0.05) is 52.8 Å². The molecule has 0 aliphatic carbocycles. The van der Waals surface area contributed by atoms with E-state index in [-0.39, 0.29) is 0 Å². The summed E-state index contributed by atoms with van der Waals surface area (Å²) in [4.78, 5) is 0. The highest BCUT2D eigenvalue weighted by molar-refractivity contribution is 5.48. The van der Waals surface area contributed by atoms with Crippen LogP contribution in [0.15, 0.2) is 24.3 Å². The first kappa shape index (κ1) is 14.0. The van der Waals surface area contributed by atoms with Crippen LogP contribution in [-0.2, 0) is 0 Å². The predicted octanol–water partition coefficient (Wildman–Crippen LogP) is 4.44. The number of hydrogen-bond donors (Lipinski definition) is 1. The number of nitrogens with two attached hydrogens (primary N) is 1. The zero-order chi connectivity index (χ0) is 11.8. The standard InChI is InChI=1S/C12H19N.C2H6/c1-9(2)8-10(3)11-6-4-5-7-12(11)13;1-2/h4-7,9-10H,8,13H2,1-3H3;1-2H3. The molecule has 0 spiro atoms. The van der Waals surface area contributed by atoms with Crippen LogP contribution in [0.4, 0.5) is 5.69 Å². The number of rotatable bonds is 3. The lowest BCUT2D eigenvalue weighted by atomic mass is 9.91. The highest BCUT2D eigenvalue weighted by Crippen LogP contribution is 2.27. The first-order valence-corrected chi connectivity index (χ1v) is 5.95. The lowest BCUT2D eigenvalue weighted by Gasteiger charge is -2.16. The summed E-state index contributed by atoms with van der Waals surface area (Å²) in [7, 11) is 0. The van der Waals surface area contributed by atoms with Gasteiger partial charge in [-0.15, -0.1) is 0 Å².